The van der Waals surface area contributed by atoms with Crippen molar-refractivity contribution in [1.82, 2.24) is 9.88 Å². The van der Waals surface area contributed by atoms with Gasteiger partial charge in [-0.2, -0.15) is 0 Å². The second-order valence-corrected chi connectivity index (χ2v) is 4.45. The molecule has 0 spiro atoms. The van der Waals surface area contributed by atoms with Crippen molar-refractivity contribution in [1.29, 1.82) is 0 Å². The predicted octanol–water partition coefficient (Wildman–Crippen LogP) is 2.78. The van der Waals surface area contributed by atoms with Gasteiger partial charge < -0.3 is 4.90 Å². The highest BCUT2D eigenvalue weighted by Crippen LogP contribution is 2.20. The van der Waals surface area contributed by atoms with E-state index in [4.69, 9.17) is 0 Å². The average Bonchev–Trinajstić information content (AvgIpc) is 2.77. The standard InChI is InChI=1S/C12H14N2OS/c1-3-14(4-2)12(15)10-7-11-9(8-13-10)5-6-16-11/h5-8H,3-4H2,1-2H3. The van der Waals surface area contributed by atoms with Crippen LogP contribution in [0.4, 0.5) is 0 Å². The number of hydrogen-bond acceptors (Lipinski definition) is 3. The Morgan fingerprint density at radius 1 is 1.44 bits per heavy atom. The minimum Gasteiger partial charge on any atom is -0.338 e. The molecule has 0 saturated heterocycles. The van der Waals surface area contributed by atoms with Gasteiger partial charge in [0.05, 0.1) is 0 Å². The number of carbonyl (C=O) groups is 1. The molecule has 0 radical (unpaired) electrons. The highest BCUT2D eigenvalue weighted by Gasteiger charge is 2.14. The van der Waals surface area contributed by atoms with Crippen molar-refractivity contribution >= 4 is 27.3 Å². The summed E-state index contributed by atoms with van der Waals surface area (Å²) in [5, 5.41) is 3.11. The van der Waals surface area contributed by atoms with Gasteiger partial charge in [-0.25, -0.2) is 0 Å². The molecule has 0 aliphatic carbocycles. The van der Waals surface area contributed by atoms with Crippen molar-refractivity contribution < 1.29 is 4.79 Å². The third-order valence-corrected chi connectivity index (χ3v) is 3.49. The summed E-state index contributed by atoms with van der Waals surface area (Å²) in [5.41, 5.74) is 0.540. The Bertz CT molecular complexity index is 502. The van der Waals surface area contributed by atoms with Crippen LogP contribution in [0.5, 0.6) is 0 Å². The fourth-order valence-electron chi connectivity index (χ4n) is 1.65. The van der Waals surface area contributed by atoms with E-state index in [0.29, 0.717) is 5.69 Å². The van der Waals surface area contributed by atoms with E-state index in [1.807, 2.05) is 31.4 Å². The summed E-state index contributed by atoms with van der Waals surface area (Å²) in [5.74, 6) is 0.0142. The lowest BCUT2D eigenvalue weighted by Gasteiger charge is -2.17. The van der Waals surface area contributed by atoms with Crippen molar-refractivity contribution in [3.63, 3.8) is 0 Å². The van der Waals surface area contributed by atoms with Crippen molar-refractivity contribution in [2.45, 2.75) is 13.8 Å². The van der Waals surface area contributed by atoms with Crippen molar-refractivity contribution in [3.8, 4) is 0 Å². The second-order valence-electron chi connectivity index (χ2n) is 3.51. The predicted molar refractivity (Wildman–Crippen MR) is 66.9 cm³/mol. The Morgan fingerprint density at radius 3 is 2.88 bits per heavy atom. The van der Waals surface area contributed by atoms with Crippen LogP contribution in [-0.4, -0.2) is 28.9 Å². The molecule has 0 bridgehead atoms. The first kappa shape index (κ1) is 11.1. The molecule has 0 atom stereocenters. The van der Waals surface area contributed by atoms with Crippen LogP contribution in [-0.2, 0) is 0 Å². The second kappa shape index (κ2) is 4.61. The van der Waals surface area contributed by atoms with E-state index in [-0.39, 0.29) is 5.91 Å². The summed E-state index contributed by atoms with van der Waals surface area (Å²) in [6, 6.07) is 3.89. The number of amides is 1. The first-order valence-electron chi connectivity index (χ1n) is 5.38. The Labute approximate surface area is 98.7 Å². The van der Waals surface area contributed by atoms with E-state index in [0.717, 1.165) is 23.2 Å². The maximum absolute atomic E-state index is 12.0. The van der Waals surface area contributed by atoms with E-state index in [2.05, 4.69) is 4.98 Å². The molecular weight excluding hydrogens is 220 g/mol. The van der Waals surface area contributed by atoms with E-state index in [1.54, 1.807) is 22.4 Å². The number of carbonyl (C=O) groups excluding carboxylic acids is 1. The quantitative estimate of drug-likeness (QED) is 0.818. The highest BCUT2D eigenvalue weighted by molar-refractivity contribution is 7.17. The van der Waals surface area contributed by atoms with Crippen molar-refractivity contribution in [3.05, 3.63) is 29.4 Å². The molecule has 0 fully saturated rings. The van der Waals surface area contributed by atoms with Crippen molar-refractivity contribution in [2.24, 2.45) is 0 Å². The van der Waals surface area contributed by atoms with Gasteiger partial charge in [-0.1, -0.05) is 0 Å². The summed E-state index contributed by atoms with van der Waals surface area (Å²) < 4.78 is 1.12. The smallest absolute Gasteiger partial charge is 0.272 e. The molecule has 2 aromatic rings. The van der Waals surface area contributed by atoms with Crippen LogP contribution < -0.4 is 0 Å². The van der Waals surface area contributed by atoms with Gasteiger partial charge in [0.1, 0.15) is 5.69 Å². The molecule has 1 amide bonds. The molecule has 4 heteroatoms. The molecule has 2 rings (SSSR count). The lowest BCUT2D eigenvalue weighted by atomic mass is 10.2. The van der Waals surface area contributed by atoms with Gasteiger partial charge >= 0.3 is 0 Å². The molecule has 0 aromatic carbocycles. The number of rotatable bonds is 3. The van der Waals surface area contributed by atoms with E-state index in [1.165, 1.54) is 0 Å². The zero-order valence-electron chi connectivity index (χ0n) is 9.43. The van der Waals surface area contributed by atoms with Gasteiger partial charge in [0, 0.05) is 29.4 Å². The largest absolute Gasteiger partial charge is 0.338 e. The normalized spacial score (nSPS) is 10.6. The minimum atomic E-state index is 0.0142. The molecule has 0 unspecified atom stereocenters. The molecule has 16 heavy (non-hydrogen) atoms. The van der Waals surface area contributed by atoms with Crippen molar-refractivity contribution in [2.75, 3.05) is 13.1 Å². The molecule has 84 valence electrons. The number of aromatic nitrogens is 1. The summed E-state index contributed by atoms with van der Waals surface area (Å²) in [6.45, 7) is 5.40. The SMILES string of the molecule is CCN(CC)C(=O)c1cc2sccc2cn1. The molecule has 0 N–H and O–H groups in total. The molecule has 0 aliphatic rings. The average molecular weight is 234 g/mol. The third kappa shape index (κ3) is 1.93. The van der Waals surface area contributed by atoms with Crippen LogP contribution in [0.2, 0.25) is 0 Å². The summed E-state index contributed by atoms with van der Waals surface area (Å²) in [4.78, 5) is 18.0. The topological polar surface area (TPSA) is 33.2 Å². The lowest BCUT2D eigenvalue weighted by Crippen LogP contribution is -2.31. The molecule has 3 nitrogen and oxygen atoms in total. The fraction of sp³-hybridized carbons (Fsp3) is 0.333. The van der Waals surface area contributed by atoms with Gasteiger partial charge in [-0.3, -0.25) is 9.78 Å². The number of nitrogens with zero attached hydrogens (tertiary/aromatic N) is 2. The third-order valence-electron chi connectivity index (χ3n) is 2.61. The molecular formula is C12H14N2OS. The number of fused-ring (bicyclic) bond motifs is 1. The summed E-state index contributed by atoms with van der Waals surface area (Å²) in [7, 11) is 0. The first-order valence-corrected chi connectivity index (χ1v) is 6.26. The van der Waals surface area contributed by atoms with Crippen LogP contribution in [0.3, 0.4) is 0 Å². The van der Waals surface area contributed by atoms with E-state index >= 15 is 0 Å². The molecule has 2 aromatic heterocycles. The Balaban J connectivity index is 2.35. The molecule has 0 saturated carbocycles. The Hall–Kier alpha value is -1.42. The molecule has 0 aliphatic heterocycles. The van der Waals surface area contributed by atoms with Gasteiger partial charge in [0.15, 0.2) is 0 Å². The van der Waals surface area contributed by atoms with Crippen LogP contribution in [0.25, 0.3) is 10.1 Å². The Morgan fingerprint density at radius 2 is 2.19 bits per heavy atom. The van der Waals surface area contributed by atoms with E-state index < -0.39 is 0 Å². The summed E-state index contributed by atoms with van der Waals surface area (Å²) in [6.07, 6.45) is 1.77. The first-order chi connectivity index (χ1) is 7.76. The van der Waals surface area contributed by atoms with E-state index in [9.17, 15) is 4.79 Å². The van der Waals surface area contributed by atoms with Crippen LogP contribution in [0.1, 0.15) is 24.3 Å². The van der Waals surface area contributed by atoms with Crippen LogP contribution >= 0.6 is 11.3 Å². The van der Waals surface area contributed by atoms with Crippen LogP contribution in [0.15, 0.2) is 23.7 Å². The fourth-order valence-corrected chi connectivity index (χ4v) is 2.44. The Kier molecular flexibility index (Phi) is 3.19. The number of pyridine rings is 1. The van der Waals surface area contributed by atoms with Gasteiger partial charge in [-0.15, -0.1) is 11.3 Å². The van der Waals surface area contributed by atoms with Gasteiger partial charge in [0.25, 0.3) is 5.91 Å². The number of thiophene rings is 1. The summed E-state index contributed by atoms with van der Waals surface area (Å²) >= 11 is 1.64. The maximum Gasteiger partial charge on any atom is 0.272 e. The monoisotopic (exact) mass is 234 g/mol. The van der Waals surface area contributed by atoms with Gasteiger partial charge in [-0.05, 0) is 31.4 Å². The minimum absolute atomic E-state index is 0.0142. The van der Waals surface area contributed by atoms with Crippen LogP contribution in [0, 0.1) is 0 Å². The zero-order chi connectivity index (χ0) is 11.5. The molecule has 2 heterocycles. The number of hydrogen-bond donors (Lipinski definition) is 0. The maximum atomic E-state index is 12.0. The zero-order valence-corrected chi connectivity index (χ0v) is 10.3. The lowest BCUT2D eigenvalue weighted by molar-refractivity contribution is 0.0767. The highest BCUT2D eigenvalue weighted by atomic mass is 32.1. The van der Waals surface area contributed by atoms with Gasteiger partial charge in [0.2, 0.25) is 0 Å².